The predicted molar refractivity (Wildman–Crippen MR) is 66.2 cm³/mol. The third-order valence-electron chi connectivity index (χ3n) is 2.88. The lowest BCUT2D eigenvalue weighted by atomic mass is 10.1. The number of ether oxygens (including phenoxy) is 1. The molecule has 0 atom stereocenters. The number of nitro benzene ring substituents is 1. The average molecular weight is 286 g/mol. The maximum Gasteiger partial charge on any atom is 0.345 e. The highest BCUT2D eigenvalue weighted by Crippen LogP contribution is 2.34. The molecule has 2 rings (SSSR count). The van der Waals surface area contributed by atoms with Crippen molar-refractivity contribution in [2.24, 2.45) is 0 Å². The van der Waals surface area contributed by atoms with Crippen molar-refractivity contribution in [2.45, 2.75) is 12.8 Å². The van der Waals surface area contributed by atoms with Crippen LogP contribution in [0.5, 0.6) is 0 Å². The molecule has 1 aromatic carbocycles. The molecular formula is C12H12F2N2O4. The number of halogens is 2. The Morgan fingerprint density at radius 1 is 1.50 bits per heavy atom. The molecule has 0 radical (unpaired) electrons. The molecule has 0 spiro atoms. The fourth-order valence-electron chi connectivity index (χ4n) is 1.94. The molecule has 6 nitrogen and oxygen atoms in total. The van der Waals surface area contributed by atoms with Gasteiger partial charge in [-0.25, -0.2) is 13.6 Å². The Balaban J connectivity index is 2.29. The van der Waals surface area contributed by atoms with Crippen LogP contribution >= 0.6 is 0 Å². The smallest absolute Gasteiger partial charge is 0.345 e. The first-order valence-electron chi connectivity index (χ1n) is 5.92. The molecule has 1 aliphatic heterocycles. The highest BCUT2D eigenvalue weighted by Gasteiger charge is 2.44. The van der Waals surface area contributed by atoms with Crippen molar-refractivity contribution in [3.05, 3.63) is 33.9 Å². The Hall–Kier alpha value is -2.25. The summed E-state index contributed by atoms with van der Waals surface area (Å²) in [6, 6.07) is 3.73. The van der Waals surface area contributed by atoms with Gasteiger partial charge in [-0.15, -0.1) is 0 Å². The number of carbonyl (C=O) groups excluding carboxylic acids is 1. The largest absolute Gasteiger partial charge is 0.462 e. The Bertz CT molecular complexity index is 554. The van der Waals surface area contributed by atoms with Crippen molar-refractivity contribution in [2.75, 3.05) is 24.6 Å². The van der Waals surface area contributed by atoms with Crippen LogP contribution in [0.4, 0.5) is 20.2 Å². The van der Waals surface area contributed by atoms with Crippen LogP contribution in [0.3, 0.4) is 0 Å². The van der Waals surface area contributed by atoms with Crippen LogP contribution in [-0.2, 0) is 4.74 Å². The minimum atomic E-state index is -2.77. The third-order valence-corrected chi connectivity index (χ3v) is 2.88. The molecule has 0 aliphatic carbocycles. The van der Waals surface area contributed by atoms with Crippen molar-refractivity contribution < 1.29 is 23.2 Å². The second kappa shape index (κ2) is 5.03. The number of benzene rings is 1. The lowest BCUT2D eigenvalue weighted by Crippen LogP contribution is -2.56. The zero-order valence-electron chi connectivity index (χ0n) is 10.6. The monoisotopic (exact) mass is 286 g/mol. The van der Waals surface area contributed by atoms with Gasteiger partial charge in [-0.2, -0.15) is 0 Å². The van der Waals surface area contributed by atoms with Crippen molar-refractivity contribution >= 4 is 17.3 Å². The van der Waals surface area contributed by atoms with Gasteiger partial charge in [0.05, 0.1) is 24.6 Å². The topological polar surface area (TPSA) is 72.7 Å². The summed E-state index contributed by atoms with van der Waals surface area (Å²) in [5, 5.41) is 11.0. The highest BCUT2D eigenvalue weighted by atomic mass is 19.3. The number of esters is 1. The quantitative estimate of drug-likeness (QED) is 0.482. The Labute approximate surface area is 113 Å². The van der Waals surface area contributed by atoms with Crippen LogP contribution in [0.2, 0.25) is 0 Å². The number of hydrogen-bond donors (Lipinski definition) is 0. The standard InChI is InChI=1S/C12H12F2N2O4/c1-2-20-11(17)9-4-3-8(5-10(9)16(18)19)15-6-12(13,14)7-15/h3-5H,2,6-7H2,1H3. The fraction of sp³-hybridized carbons (Fsp3) is 0.417. The van der Waals surface area contributed by atoms with E-state index in [1.54, 1.807) is 6.92 Å². The predicted octanol–water partition coefficient (Wildman–Crippen LogP) is 2.23. The Morgan fingerprint density at radius 2 is 2.15 bits per heavy atom. The van der Waals surface area contributed by atoms with E-state index >= 15 is 0 Å². The number of rotatable bonds is 4. The summed E-state index contributed by atoms with van der Waals surface area (Å²) < 4.78 is 30.3. The maximum atomic E-state index is 12.8. The van der Waals surface area contributed by atoms with E-state index in [1.165, 1.54) is 17.0 Å². The van der Waals surface area contributed by atoms with Crippen LogP contribution in [0, 0.1) is 10.1 Å². The van der Waals surface area contributed by atoms with Crippen LogP contribution in [-0.4, -0.2) is 36.5 Å². The van der Waals surface area contributed by atoms with Crippen molar-refractivity contribution in [3.63, 3.8) is 0 Å². The molecular weight excluding hydrogens is 274 g/mol. The number of alkyl halides is 2. The van der Waals surface area contributed by atoms with Gasteiger partial charge in [-0.1, -0.05) is 0 Å². The third kappa shape index (κ3) is 2.68. The first-order valence-corrected chi connectivity index (χ1v) is 5.92. The zero-order valence-corrected chi connectivity index (χ0v) is 10.6. The van der Waals surface area contributed by atoms with E-state index in [9.17, 15) is 23.7 Å². The first kappa shape index (κ1) is 14.2. The number of nitrogens with zero attached hydrogens (tertiary/aromatic N) is 2. The first-order chi connectivity index (χ1) is 9.34. The van der Waals surface area contributed by atoms with E-state index in [-0.39, 0.29) is 17.9 Å². The molecule has 0 bridgehead atoms. The van der Waals surface area contributed by atoms with Crippen molar-refractivity contribution in [3.8, 4) is 0 Å². The van der Waals surface area contributed by atoms with Crippen molar-refractivity contribution in [1.29, 1.82) is 0 Å². The SMILES string of the molecule is CCOC(=O)c1ccc(N2CC(F)(F)C2)cc1[N+](=O)[O-]. The number of hydrogen-bond acceptors (Lipinski definition) is 5. The molecule has 1 aliphatic rings. The molecule has 1 aromatic rings. The summed E-state index contributed by atoms with van der Waals surface area (Å²) in [6.45, 7) is 0.710. The Morgan fingerprint density at radius 3 is 2.65 bits per heavy atom. The van der Waals surface area contributed by atoms with E-state index in [2.05, 4.69) is 0 Å². The Kier molecular flexibility index (Phi) is 3.56. The molecule has 1 heterocycles. The zero-order chi connectivity index (χ0) is 14.9. The van der Waals surface area contributed by atoms with Gasteiger partial charge in [0.25, 0.3) is 11.6 Å². The van der Waals surface area contributed by atoms with E-state index in [4.69, 9.17) is 4.74 Å². The van der Waals surface area contributed by atoms with E-state index in [0.29, 0.717) is 0 Å². The molecule has 0 N–H and O–H groups in total. The van der Waals surface area contributed by atoms with Gasteiger partial charge in [0.2, 0.25) is 0 Å². The molecule has 0 unspecified atom stereocenters. The van der Waals surface area contributed by atoms with E-state index < -0.39 is 35.6 Å². The van der Waals surface area contributed by atoms with Crippen LogP contribution in [0.25, 0.3) is 0 Å². The fourth-order valence-corrected chi connectivity index (χ4v) is 1.94. The summed E-state index contributed by atoms with van der Waals surface area (Å²) in [7, 11) is 0. The van der Waals surface area contributed by atoms with Crippen LogP contribution in [0.1, 0.15) is 17.3 Å². The van der Waals surface area contributed by atoms with Gasteiger partial charge in [-0.05, 0) is 19.1 Å². The highest BCUT2D eigenvalue weighted by molar-refractivity contribution is 5.94. The number of nitro groups is 1. The molecule has 0 amide bonds. The normalized spacial score (nSPS) is 16.4. The van der Waals surface area contributed by atoms with E-state index in [1.807, 2.05) is 0 Å². The summed E-state index contributed by atoms with van der Waals surface area (Å²) in [4.78, 5) is 23.1. The second-order valence-corrected chi connectivity index (χ2v) is 4.39. The molecule has 20 heavy (non-hydrogen) atoms. The molecule has 1 fully saturated rings. The van der Waals surface area contributed by atoms with Gasteiger partial charge in [0, 0.05) is 11.8 Å². The van der Waals surface area contributed by atoms with Crippen LogP contribution in [0.15, 0.2) is 18.2 Å². The van der Waals surface area contributed by atoms with Gasteiger partial charge in [0.1, 0.15) is 5.56 Å². The molecule has 108 valence electrons. The van der Waals surface area contributed by atoms with Gasteiger partial charge >= 0.3 is 5.97 Å². The minimum Gasteiger partial charge on any atom is -0.462 e. The number of anilines is 1. The molecule has 0 aromatic heterocycles. The van der Waals surface area contributed by atoms with E-state index in [0.717, 1.165) is 6.07 Å². The van der Waals surface area contributed by atoms with Gasteiger partial charge in [-0.3, -0.25) is 10.1 Å². The maximum absolute atomic E-state index is 12.8. The number of carbonyl (C=O) groups is 1. The van der Waals surface area contributed by atoms with Crippen LogP contribution < -0.4 is 4.90 Å². The molecule has 1 saturated heterocycles. The minimum absolute atomic E-state index is 0.0933. The average Bonchev–Trinajstić information content (AvgIpc) is 2.35. The summed E-state index contributed by atoms with van der Waals surface area (Å²) in [6.07, 6.45) is 0. The summed E-state index contributed by atoms with van der Waals surface area (Å²) >= 11 is 0. The second-order valence-electron chi connectivity index (χ2n) is 4.39. The lowest BCUT2D eigenvalue weighted by molar-refractivity contribution is -0.385. The van der Waals surface area contributed by atoms with Gasteiger partial charge in [0.15, 0.2) is 0 Å². The van der Waals surface area contributed by atoms with Crippen molar-refractivity contribution in [1.82, 2.24) is 0 Å². The molecule has 8 heteroatoms. The lowest BCUT2D eigenvalue weighted by Gasteiger charge is -2.40. The summed E-state index contributed by atoms with van der Waals surface area (Å²) in [5.74, 6) is -3.58. The molecule has 0 saturated carbocycles. The summed E-state index contributed by atoms with van der Waals surface area (Å²) in [5.41, 5.74) is -0.347. The van der Waals surface area contributed by atoms with Gasteiger partial charge < -0.3 is 9.64 Å².